The molecule has 0 heterocycles. The molecule has 2 aromatic rings. The second kappa shape index (κ2) is 9.39. The maximum atomic E-state index is 10.9. The number of esters is 1. The van der Waals surface area contributed by atoms with Gasteiger partial charge in [0, 0.05) is 6.92 Å². The van der Waals surface area contributed by atoms with Crippen molar-refractivity contribution in [3.8, 4) is 0 Å². The summed E-state index contributed by atoms with van der Waals surface area (Å²) in [5, 5.41) is 2.88. The lowest BCUT2D eigenvalue weighted by atomic mass is 10.4. The summed E-state index contributed by atoms with van der Waals surface area (Å²) in [6, 6.07) is 21.7. The van der Waals surface area contributed by atoms with Gasteiger partial charge in [-0.25, -0.2) is 0 Å². The van der Waals surface area contributed by atoms with Crippen molar-refractivity contribution >= 4 is 23.8 Å². The Balaban J connectivity index is 2.34. The Bertz CT molecular complexity index is 611. The first-order valence-electron chi connectivity index (χ1n) is 8.45. The number of hydrogen-bond acceptors (Lipinski definition) is 2. The number of rotatable bonds is 8. The Kier molecular flexibility index (Phi) is 7.21. The fourth-order valence-corrected chi connectivity index (χ4v) is 7.18. The van der Waals surface area contributed by atoms with Crippen LogP contribution < -0.4 is 10.6 Å². The quantitative estimate of drug-likeness (QED) is 0.409. The van der Waals surface area contributed by atoms with Gasteiger partial charge in [-0.2, -0.15) is 0 Å². The van der Waals surface area contributed by atoms with E-state index in [9.17, 15) is 4.79 Å². The van der Waals surface area contributed by atoms with E-state index >= 15 is 0 Å². The first-order valence-corrected chi connectivity index (χ1v) is 10.6. The lowest BCUT2D eigenvalue weighted by Crippen LogP contribution is -2.26. The number of hydrogen-bond donors (Lipinski definition) is 0. The molecule has 0 N–H and O–H groups in total. The minimum atomic E-state index is -1.49. The molecule has 0 aliphatic rings. The largest absolute Gasteiger partial charge is 0.462 e. The van der Waals surface area contributed by atoms with Crippen LogP contribution in [0, 0.1) is 0 Å². The van der Waals surface area contributed by atoms with Crippen LogP contribution in [0.25, 0.3) is 0 Å². The van der Waals surface area contributed by atoms with E-state index in [2.05, 4.69) is 73.7 Å². The smallest absolute Gasteiger partial charge is 0.302 e. The van der Waals surface area contributed by atoms with E-state index in [0.29, 0.717) is 6.61 Å². The highest BCUT2D eigenvalue weighted by molar-refractivity contribution is 7.89. The Morgan fingerprint density at radius 2 is 1.50 bits per heavy atom. The Morgan fingerprint density at radius 1 is 0.958 bits per heavy atom. The van der Waals surface area contributed by atoms with Crippen molar-refractivity contribution in [2.45, 2.75) is 20.3 Å². The third-order valence-corrected chi connectivity index (χ3v) is 8.69. The monoisotopic (exact) mass is 341 g/mol. The molecule has 0 saturated carbocycles. The van der Waals surface area contributed by atoms with Gasteiger partial charge in [-0.05, 0) is 42.8 Å². The van der Waals surface area contributed by atoms with Crippen molar-refractivity contribution in [3.05, 3.63) is 72.8 Å². The molecule has 3 heteroatoms. The molecule has 0 aliphatic carbocycles. The number of carbonyl (C=O) groups is 1. The van der Waals surface area contributed by atoms with Gasteiger partial charge in [0.05, 0.1) is 30.2 Å². The molecule has 2 aromatic carbocycles. The lowest BCUT2D eigenvalue weighted by molar-refractivity contribution is -0.139. The molecule has 24 heavy (non-hydrogen) atoms. The number of benzene rings is 2. The van der Waals surface area contributed by atoms with Gasteiger partial charge in [-0.15, -0.1) is 0 Å². The van der Waals surface area contributed by atoms with Crippen molar-refractivity contribution in [1.29, 1.82) is 0 Å². The van der Waals surface area contributed by atoms with Crippen LogP contribution in [-0.4, -0.2) is 24.9 Å². The van der Waals surface area contributed by atoms with Crippen LogP contribution in [0.1, 0.15) is 20.3 Å². The van der Waals surface area contributed by atoms with Crippen molar-refractivity contribution in [2.24, 2.45) is 0 Å². The van der Waals surface area contributed by atoms with Gasteiger partial charge in [-0.3, -0.25) is 4.79 Å². The standard InChI is InChI=1S/C21H26O2P/c1-3-17-24(20-12-6-4-7-13-20,21-14-8-5-9-15-21)18-11-10-16-23-19(2)22/h4-15H,3,16-18H2,1-2H3/q+1. The normalized spacial score (nSPS) is 11.6. The molecule has 0 aromatic heterocycles. The van der Waals surface area contributed by atoms with E-state index in [1.165, 1.54) is 23.7 Å². The van der Waals surface area contributed by atoms with Gasteiger partial charge in [0.25, 0.3) is 0 Å². The maximum absolute atomic E-state index is 10.9. The van der Waals surface area contributed by atoms with Gasteiger partial charge in [0.15, 0.2) is 0 Å². The van der Waals surface area contributed by atoms with Crippen LogP contribution in [0.2, 0.25) is 0 Å². The predicted molar refractivity (Wildman–Crippen MR) is 105 cm³/mol. The Morgan fingerprint density at radius 3 is 1.96 bits per heavy atom. The highest BCUT2D eigenvalue weighted by atomic mass is 31.2. The number of ether oxygens (including phenoxy) is 1. The summed E-state index contributed by atoms with van der Waals surface area (Å²) in [6.07, 6.45) is 7.48. The van der Waals surface area contributed by atoms with E-state index < -0.39 is 7.26 Å². The van der Waals surface area contributed by atoms with E-state index in [0.717, 1.165) is 12.6 Å². The lowest BCUT2D eigenvalue weighted by Gasteiger charge is -2.26. The van der Waals surface area contributed by atoms with Crippen LogP contribution in [0.4, 0.5) is 0 Å². The third-order valence-electron chi connectivity index (χ3n) is 4.07. The Labute approximate surface area is 145 Å². The van der Waals surface area contributed by atoms with Gasteiger partial charge in [0.1, 0.15) is 6.61 Å². The Hall–Kier alpha value is -1.92. The minimum Gasteiger partial charge on any atom is -0.462 e. The summed E-state index contributed by atoms with van der Waals surface area (Å²) in [6.45, 7) is 4.05. The molecule has 0 bridgehead atoms. The van der Waals surface area contributed by atoms with Gasteiger partial charge in [-0.1, -0.05) is 43.3 Å². The van der Waals surface area contributed by atoms with Crippen molar-refractivity contribution < 1.29 is 9.53 Å². The summed E-state index contributed by atoms with van der Waals surface area (Å²) in [5.41, 5.74) is 0. The molecule has 0 fully saturated rings. The van der Waals surface area contributed by atoms with Crippen molar-refractivity contribution in [1.82, 2.24) is 0 Å². The summed E-state index contributed by atoms with van der Waals surface area (Å²) in [5.74, 6) is -0.236. The van der Waals surface area contributed by atoms with Gasteiger partial charge in [0.2, 0.25) is 0 Å². The van der Waals surface area contributed by atoms with Crippen molar-refractivity contribution in [2.75, 3.05) is 18.9 Å². The molecule has 0 amide bonds. The van der Waals surface area contributed by atoms with E-state index in [1.54, 1.807) is 0 Å². The topological polar surface area (TPSA) is 26.3 Å². The summed E-state index contributed by atoms with van der Waals surface area (Å²) in [4.78, 5) is 10.9. The predicted octanol–water partition coefficient (Wildman–Crippen LogP) is 4.18. The zero-order chi connectivity index (χ0) is 17.3. The van der Waals surface area contributed by atoms with Crippen LogP contribution in [0.5, 0.6) is 0 Å². The zero-order valence-electron chi connectivity index (χ0n) is 14.5. The summed E-state index contributed by atoms with van der Waals surface area (Å²) < 4.78 is 5.01. The first kappa shape index (κ1) is 18.4. The van der Waals surface area contributed by atoms with Crippen molar-refractivity contribution in [3.63, 3.8) is 0 Å². The molecule has 0 atom stereocenters. The SMILES string of the molecule is CCC[P+](CC=CCOC(C)=O)(c1ccccc1)c1ccccc1. The molecule has 0 radical (unpaired) electrons. The zero-order valence-corrected chi connectivity index (χ0v) is 15.4. The molecular weight excluding hydrogens is 315 g/mol. The van der Waals surface area contributed by atoms with Crippen LogP contribution in [-0.2, 0) is 9.53 Å². The molecule has 2 rings (SSSR count). The number of carbonyl (C=O) groups excluding carboxylic acids is 1. The summed E-state index contributed by atoms with van der Waals surface area (Å²) in [7, 11) is -1.49. The van der Waals surface area contributed by atoms with E-state index in [1.807, 2.05) is 6.08 Å². The second-order valence-corrected chi connectivity index (χ2v) is 9.60. The van der Waals surface area contributed by atoms with E-state index in [-0.39, 0.29) is 5.97 Å². The van der Waals surface area contributed by atoms with Gasteiger partial charge < -0.3 is 4.74 Å². The fraction of sp³-hybridized carbons (Fsp3) is 0.286. The first-order chi connectivity index (χ1) is 11.7. The second-order valence-electron chi connectivity index (χ2n) is 5.82. The average Bonchev–Trinajstić information content (AvgIpc) is 2.62. The summed E-state index contributed by atoms with van der Waals surface area (Å²) >= 11 is 0. The molecule has 0 aliphatic heterocycles. The highest BCUT2D eigenvalue weighted by Gasteiger charge is 2.40. The molecule has 126 valence electrons. The van der Waals surface area contributed by atoms with Crippen LogP contribution >= 0.6 is 7.26 Å². The molecule has 0 spiro atoms. The molecule has 0 saturated heterocycles. The number of allylic oxidation sites excluding steroid dienone is 1. The van der Waals surface area contributed by atoms with E-state index in [4.69, 9.17) is 4.74 Å². The fourth-order valence-electron chi connectivity index (χ4n) is 3.01. The maximum Gasteiger partial charge on any atom is 0.302 e. The van der Waals surface area contributed by atoms with Gasteiger partial charge >= 0.3 is 5.97 Å². The van der Waals surface area contributed by atoms with Crippen LogP contribution in [0.15, 0.2) is 72.8 Å². The molecule has 0 unspecified atom stereocenters. The minimum absolute atomic E-state index is 0.236. The van der Waals surface area contributed by atoms with Crippen LogP contribution in [0.3, 0.4) is 0 Å². The molecular formula is C21H26O2P+. The molecule has 2 nitrogen and oxygen atoms in total. The highest BCUT2D eigenvalue weighted by Crippen LogP contribution is 2.56. The third kappa shape index (κ3) is 4.79. The average molecular weight is 341 g/mol.